The Morgan fingerprint density at radius 3 is 2.10 bits per heavy atom. The van der Waals surface area contributed by atoms with Crippen LogP contribution in [0.2, 0.25) is 0 Å². The Hall–Kier alpha value is -2.75. The van der Waals surface area contributed by atoms with E-state index < -0.39 is 27.5 Å². The minimum atomic E-state index is -4.69. The molecule has 0 aromatic heterocycles. The molecule has 0 unspecified atom stereocenters. The van der Waals surface area contributed by atoms with E-state index >= 15 is 0 Å². The molecule has 2 aromatic carbocycles. The number of carbonyl (C=O) groups excluding carboxylic acids is 1. The van der Waals surface area contributed by atoms with Crippen LogP contribution in [0.3, 0.4) is 0 Å². The predicted molar refractivity (Wildman–Crippen MR) is 108 cm³/mol. The molecule has 1 aliphatic rings. The summed E-state index contributed by atoms with van der Waals surface area (Å²) in [6.07, 6.45) is -0.645. The Kier molecular flexibility index (Phi) is 6.55. The number of likely N-dealkylation sites (tertiary alicyclic amines) is 1. The number of rotatable bonds is 4. The number of anilines is 2. The number of alkyl halides is 3. The summed E-state index contributed by atoms with van der Waals surface area (Å²) in [6.45, 7) is 1.33. The van der Waals surface area contributed by atoms with Gasteiger partial charge < -0.3 is 10.2 Å². The molecule has 1 saturated heterocycles. The molecule has 0 bridgehead atoms. The van der Waals surface area contributed by atoms with Crippen molar-refractivity contribution in [1.82, 2.24) is 4.90 Å². The maximum Gasteiger partial charge on any atom is 0.418 e. The van der Waals surface area contributed by atoms with E-state index in [1.54, 1.807) is 4.90 Å². The van der Waals surface area contributed by atoms with Crippen molar-refractivity contribution in [3.63, 3.8) is 0 Å². The van der Waals surface area contributed by atoms with Crippen LogP contribution in [0.25, 0.3) is 0 Å². The maximum absolute atomic E-state index is 13.1. The Labute approximate surface area is 173 Å². The molecule has 2 aromatic rings. The van der Waals surface area contributed by atoms with Crippen molar-refractivity contribution < 1.29 is 26.4 Å². The highest BCUT2D eigenvalue weighted by Gasteiger charge is 2.34. The van der Waals surface area contributed by atoms with Gasteiger partial charge in [0.25, 0.3) is 10.0 Å². The third kappa shape index (κ3) is 5.44. The third-order valence-corrected chi connectivity index (χ3v) is 6.17. The van der Waals surface area contributed by atoms with Gasteiger partial charge in [-0.05, 0) is 49.2 Å². The summed E-state index contributed by atoms with van der Waals surface area (Å²) in [7, 11) is -4.24. The molecule has 0 radical (unpaired) electrons. The van der Waals surface area contributed by atoms with E-state index in [4.69, 9.17) is 0 Å². The topological polar surface area (TPSA) is 78.5 Å². The second-order valence-corrected chi connectivity index (χ2v) is 8.69. The number of hydrogen-bond donors (Lipinski definition) is 2. The van der Waals surface area contributed by atoms with Crippen LogP contribution in [0.1, 0.15) is 31.2 Å². The third-order valence-electron chi connectivity index (χ3n) is 4.79. The fourth-order valence-electron chi connectivity index (χ4n) is 3.22. The Bertz CT molecular complexity index is 984. The summed E-state index contributed by atoms with van der Waals surface area (Å²) in [6, 6.07) is 9.36. The number of hydrogen-bond acceptors (Lipinski definition) is 3. The molecule has 162 valence electrons. The van der Waals surface area contributed by atoms with Crippen LogP contribution >= 0.6 is 0 Å². The Morgan fingerprint density at radius 1 is 0.900 bits per heavy atom. The fourth-order valence-corrected chi connectivity index (χ4v) is 4.30. The molecule has 2 amide bonds. The van der Waals surface area contributed by atoms with Gasteiger partial charge >= 0.3 is 12.2 Å². The van der Waals surface area contributed by atoms with Crippen LogP contribution in [0.5, 0.6) is 0 Å². The standard InChI is InChI=1S/C20H22F3N3O3S/c21-20(22,23)17-7-3-4-8-18(17)25-30(28,29)16-11-9-15(10-12-16)24-19(27)26-13-5-1-2-6-14-26/h3-4,7-12,25H,1-2,5-6,13-14H2,(H,24,27). The monoisotopic (exact) mass is 441 g/mol. The van der Waals surface area contributed by atoms with Crippen molar-refractivity contribution in [1.29, 1.82) is 0 Å². The van der Waals surface area contributed by atoms with Gasteiger partial charge in [0.2, 0.25) is 0 Å². The molecule has 30 heavy (non-hydrogen) atoms. The molecule has 6 nitrogen and oxygen atoms in total. The molecule has 3 rings (SSSR count). The SMILES string of the molecule is O=C(Nc1ccc(S(=O)(=O)Nc2ccccc2C(F)(F)F)cc1)N1CCCCCC1. The highest BCUT2D eigenvalue weighted by molar-refractivity contribution is 7.92. The molecule has 1 heterocycles. The Morgan fingerprint density at radius 2 is 1.50 bits per heavy atom. The average Bonchev–Trinajstić information content (AvgIpc) is 2.97. The largest absolute Gasteiger partial charge is 0.418 e. The summed E-state index contributed by atoms with van der Waals surface area (Å²) >= 11 is 0. The zero-order valence-corrected chi connectivity index (χ0v) is 16.9. The number of nitrogens with zero attached hydrogens (tertiary/aromatic N) is 1. The van der Waals surface area contributed by atoms with Gasteiger partial charge in [0.1, 0.15) is 0 Å². The lowest BCUT2D eigenvalue weighted by Crippen LogP contribution is -2.35. The number of para-hydroxylation sites is 1. The van der Waals surface area contributed by atoms with Gasteiger partial charge in [-0.25, -0.2) is 13.2 Å². The number of carbonyl (C=O) groups is 1. The van der Waals surface area contributed by atoms with Crippen LogP contribution in [0.15, 0.2) is 53.4 Å². The fraction of sp³-hybridized carbons (Fsp3) is 0.350. The molecule has 1 fully saturated rings. The lowest BCUT2D eigenvalue weighted by Gasteiger charge is -2.20. The van der Waals surface area contributed by atoms with Crippen LogP contribution in [-0.4, -0.2) is 32.4 Å². The van der Waals surface area contributed by atoms with Crippen molar-refractivity contribution in [3.05, 3.63) is 54.1 Å². The summed E-state index contributed by atoms with van der Waals surface area (Å²) in [5.74, 6) is 0. The average molecular weight is 441 g/mol. The summed E-state index contributed by atoms with van der Waals surface area (Å²) < 4.78 is 66.3. The zero-order chi connectivity index (χ0) is 21.8. The molecule has 2 N–H and O–H groups in total. The highest BCUT2D eigenvalue weighted by Crippen LogP contribution is 2.35. The first-order valence-electron chi connectivity index (χ1n) is 9.52. The highest BCUT2D eigenvalue weighted by atomic mass is 32.2. The van der Waals surface area contributed by atoms with Crippen LogP contribution < -0.4 is 10.0 Å². The van der Waals surface area contributed by atoms with Crippen molar-refractivity contribution in [2.75, 3.05) is 23.1 Å². The van der Waals surface area contributed by atoms with E-state index in [0.29, 0.717) is 18.8 Å². The van der Waals surface area contributed by atoms with E-state index in [2.05, 4.69) is 5.32 Å². The molecule has 0 saturated carbocycles. The van der Waals surface area contributed by atoms with Crippen molar-refractivity contribution in [3.8, 4) is 0 Å². The van der Waals surface area contributed by atoms with Crippen molar-refractivity contribution in [2.45, 2.75) is 36.8 Å². The number of nitrogens with one attached hydrogen (secondary N) is 2. The van der Waals surface area contributed by atoms with E-state index in [1.165, 1.54) is 36.4 Å². The van der Waals surface area contributed by atoms with E-state index in [1.807, 2.05) is 4.72 Å². The van der Waals surface area contributed by atoms with E-state index in [-0.39, 0.29) is 10.9 Å². The summed E-state index contributed by atoms with van der Waals surface area (Å²) in [4.78, 5) is 13.9. The van der Waals surface area contributed by atoms with Crippen molar-refractivity contribution >= 4 is 27.4 Å². The second kappa shape index (κ2) is 8.95. The number of halogens is 3. The molecule has 0 spiro atoms. The summed E-state index contributed by atoms with van der Waals surface area (Å²) in [5, 5.41) is 2.72. The van der Waals surface area contributed by atoms with Gasteiger partial charge in [0, 0.05) is 18.8 Å². The minimum Gasteiger partial charge on any atom is -0.325 e. The van der Waals surface area contributed by atoms with Gasteiger partial charge in [-0.2, -0.15) is 13.2 Å². The number of benzene rings is 2. The smallest absolute Gasteiger partial charge is 0.325 e. The van der Waals surface area contributed by atoms with Gasteiger partial charge in [-0.15, -0.1) is 0 Å². The predicted octanol–water partition coefficient (Wildman–Crippen LogP) is 4.91. The van der Waals surface area contributed by atoms with Gasteiger partial charge in [-0.1, -0.05) is 25.0 Å². The number of sulfonamides is 1. The van der Waals surface area contributed by atoms with Gasteiger partial charge in [-0.3, -0.25) is 4.72 Å². The van der Waals surface area contributed by atoms with Crippen LogP contribution in [-0.2, 0) is 16.2 Å². The van der Waals surface area contributed by atoms with Crippen LogP contribution in [0, 0.1) is 0 Å². The molecular weight excluding hydrogens is 419 g/mol. The van der Waals surface area contributed by atoms with Crippen molar-refractivity contribution in [2.24, 2.45) is 0 Å². The molecule has 0 aliphatic carbocycles. The molecule has 1 aliphatic heterocycles. The molecule has 0 atom stereocenters. The zero-order valence-electron chi connectivity index (χ0n) is 16.1. The second-order valence-electron chi connectivity index (χ2n) is 7.00. The first-order chi connectivity index (χ1) is 14.2. The first-order valence-corrected chi connectivity index (χ1v) is 11.0. The molecule has 10 heteroatoms. The van der Waals surface area contributed by atoms with Gasteiger partial charge in [0.15, 0.2) is 0 Å². The van der Waals surface area contributed by atoms with Gasteiger partial charge in [0.05, 0.1) is 16.1 Å². The number of amides is 2. The summed E-state index contributed by atoms with van der Waals surface area (Å²) in [5.41, 5.74) is -1.22. The lowest BCUT2D eigenvalue weighted by atomic mass is 10.2. The lowest BCUT2D eigenvalue weighted by molar-refractivity contribution is -0.136. The quantitative estimate of drug-likeness (QED) is 0.707. The normalized spacial score (nSPS) is 15.4. The Balaban J connectivity index is 1.72. The minimum absolute atomic E-state index is 0.216. The van der Waals surface area contributed by atoms with E-state index in [9.17, 15) is 26.4 Å². The van der Waals surface area contributed by atoms with Crippen LogP contribution in [0.4, 0.5) is 29.3 Å². The number of urea groups is 1. The van der Waals surface area contributed by atoms with E-state index in [0.717, 1.165) is 37.8 Å². The first kappa shape index (κ1) is 21.9. The maximum atomic E-state index is 13.1. The molecular formula is C20H22F3N3O3S.